The molecule has 0 fully saturated rings. The summed E-state index contributed by atoms with van der Waals surface area (Å²) >= 11 is 0. The Balaban J connectivity index is 3.43. The number of nitro groups is 1. The summed E-state index contributed by atoms with van der Waals surface area (Å²) < 4.78 is 0. The van der Waals surface area contributed by atoms with Crippen LogP contribution in [-0.2, 0) is 0 Å². The van der Waals surface area contributed by atoms with Crippen molar-refractivity contribution in [2.45, 2.75) is 0 Å². The van der Waals surface area contributed by atoms with Crippen LogP contribution in [0.25, 0.3) is 0 Å². The second kappa shape index (κ2) is 2.57. The number of phenols is 1. The molecule has 0 aliphatic heterocycles. The first kappa shape index (κ1) is 8.12. The number of hydrogen-bond acceptors (Lipinski definition) is 5. The number of benzene rings is 1. The van der Waals surface area contributed by atoms with E-state index in [2.05, 4.69) is 0 Å². The molecule has 12 heavy (non-hydrogen) atoms. The average molecular weight is 169 g/mol. The predicted octanol–water partition coefficient (Wildman–Crippen LogP) is 0.465. The maximum absolute atomic E-state index is 10.3. The summed E-state index contributed by atoms with van der Waals surface area (Å²) in [6, 6.07) is 2.43. The van der Waals surface area contributed by atoms with Crippen molar-refractivity contribution in [3.63, 3.8) is 0 Å². The van der Waals surface area contributed by atoms with E-state index in [9.17, 15) is 10.1 Å². The predicted molar refractivity (Wildman–Crippen MR) is 43.6 cm³/mol. The van der Waals surface area contributed by atoms with Crippen LogP contribution >= 0.6 is 0 Å². The molecule has 0 radical (unpaired) electrons. The fraction of sp³-hybridized carbons (Fsp3) is 0. The molecule has 1 rings (SSSR count). The van der Waals surface area contributed by atoms with Crippen LogP contribution in [0.3, 0.4) is 0 Å². The van der Waals surface area contributed by atoms with E-state index in [1.54, 1.807) is 0 Å². The first-order valence-corrected chi connectivity index (χ1v) is 3.05. The van der Waals surface area contributed by atoms with Crippen molar-refractivity contribution in [2.75, 3.05) is 11.5 Å². The number of anilines is 2. The molecule has 0 aliphatic carbocycles. The summed E-state index contributed by atoms with van der Waals surface area (Å²) in [6.45, 7) is 0. The molecule has 0 heterocycles. The van der Waals surface area contributed by atoms with E-state index in [4.69, 9.17) is 16.6 Å². The minimum Gasteiger partial charge on any atom is -0.502 e. The van der Waals surface area contributed by atoms with Gasteiger partial charge in [-0.15, -0.1) is 0 Å². The molecule has 0 saturated carbocycles. The van der Waals surface area contributed by atoms with Gasteiger partial charge in [0, 0.05) is 0 Å². The fourth-order valence-electron chi connectivity index (χ4n) is 0.804. The van der Waals surface area contributed by atoms with E-state index < -0.39 is 16.4 Å². The van der Waals surface area contributed by atoms with Crippen molar-refractivity contribution in [3.05, 3.63) is 22.2 Å². The molecular formula is C6H7N3O3. The lowest BCUT2D eigenvalue weighted by molar-refractivity contribution is -0.384. The molecule has 6 heteroatoms. The molecule has 0 amide bonds. The van der Waals surface area contributed by atoms with Crippen LogP contribution in [0.2, 0.25) is 0 Å². The van der Waals surface area contributed by atoms with Gasteiger partial charge in [-0.3, -0.25) is 10.1 Å². The lowest BCUT2D eigenvalue weighted by Crippen LogP contribution is -2.00. The van der Waals surface area contributed by atoms with Gasteiger partial charge in [-0.25, -0.2) is 0 Å². The molecule has 0 unspecified atom stereocenters. The summed E-state index contributed by atoms with van der Waals surface area (Å²) in [6.07, 6.45) is 0. The number of nitro benzene ring substituents is 1. The molecule has 0 aromatic heterocycles. The van der Waals surface area contributed by atoms with E-state index in [-0.39, 0.29) is 11.4 Å². The van der Waals surface area contributed by atoms with Crippen LogP contribution in [0, 0.1) is 10.1 Å². The Morgan fingerprint density at radius 3 is 2.42 bits per heavy atom. The second-order valence-electron chi connectivity index (χ2n) is 2.19. The van der Waals surface area contributed by atoms with Crippen molar-refractivity contribution in [3.8, 4) is 5.75 Å². The fourth-order valence-corrected chi connectivity index (χ4v) is 0.804. The number of aromatic hydroxyl groups is 1. The Morgan fingerprint density at radius 2 is 2.00 bits per heavy atom. The minimum absolute atomic E-state index is 0.0829. The quantitative estimate of drug-likeness (QED) is 0.244. The first-order valence-electron chi connectivity index (χ1n) is 3.05. The average Bonchev–Trinajstić information content (AvgIpc) is 1.97. The van der Waals surface area contributed by atoms with Gasteiger partial charge in [-0.1, -0.05) is 0 Å². The SMILES string of the molecule is Nc1ccc(O)c([N+](=O)[O-])c1N. The molecule has 0 atom stereocenters. The summed E-state index contributed by atoms with van der Waals surface area (Å²) in [4.78, 5) is 9.53. The van der Waals surface area contributed by atoms with E-state index in [1.807, 2.05) is 0 Å². The van der Waals surface area contributed by atoms with Gasteiger partial charge in [0.2, 0.25) is 0 Å². The third kappa shape index (κ3) is 1.09. The second-order valence-corrected chi connectivity index (χ2v) is 2.19. The lowest BCUT2D eigenvalue weighted by Gasteiger charge is -2.01. The molecule has 1 aromatic rings. The van der Waals surface area contributed by atoms with Crippen molar-refractivity contribution in [2.24, 2.45) is 0 Å². The van der Waals surface area contributed by atoms with E-state index in [0.29, 0.717) is 0 Å². The minimum atomic E-state index is -0.777. The molecule has 64 valence electrons. The van der Waals surface area contributed by atoms with Gasteiger partial charge >= 0.3 is 5.69 Å². The zero-order chi connectivity index (χ0) is 9.30. The molecule has 1 aromatic carbocycles. The molecular weight excluding hydrogens is 162 g/mol. The summed E-state index contributed by atoms with van der Waals surface area (Å²) in [7, 11) is 0. The highest BCUT2D eigenvalue weighted by Gasteiger charge is 2.19. The van der Waals surface area contributed by atoms with Gasteiger partial charge in [0.25, 0.3) is 0 Å². The standard InChI is InChI=1S/C6H7N3O3/c7-3-1-2-4(10)6(5(3)8)9(11)12/h1-2,10H,7-8H2. The number of nitrogen functional groups attached to an aromatic ring is 2. The van der Waals surface area contributed by atoms with Gasteiger partial charge < -0.3 is 16.6 Å². The Morgan fingerprint density at radius 1 is 1.42 bits per heavy atom. The number of hydrogen-bond donors (Lipinski definition) is 3. The lowest BCUT2D eigenvalue weighted by atomic mass is 10.2. The summed E-state index contributed by atoms with van der Waals surface area (Å²) in [5, 5.41) is 19.3. The molecule has 5 N–H and O–H groups in total. The number of rotatable bonds is 1. The molecule has 0 spiro atoms. The van der Waals surface area contributed by atoms with Crippen molar-refractivity contribution in [1.82, 2.24) is 0 Å². The highest BCUT2D eigenvalue weighted by Crippen LogP contribution is 2.35. The van der Waals surface area contributed by atoms with Gasteiger partial charge in [-0.2, -0.15) is 0 Å². The van der Waals surface area contributed by atoms with Crippen LogP contribution < -0.4 is 11.5 Å². The van der Waals surface area contributed by atoms with Gasteiger partial charge in [0.05, 0.1) is 10.6 Å². The third-order valence-electron chi connectivity index (χ3n) is 1.41. The van der Waals surface area contributed by atoms with Gasteiger partial charge in [0.1, 0.15) is 5.69 Å². The molecule has 0 aliphatic rings. The molecule has 0 saturated heterocycles. The Hall–Kier alpha value is -1.98. The zero-order valence-corrected chi connectivity index (χ0v) is 6.02. The Bertz CT molecular complexity index is 337. The number of nitrogens with zero attached hydrogens (tertiary/aromatic N) is 1. The Kier molecular flexibility index (Phi) is 1.74. The highest BCUT2D eigenvalue weighted by molar-refractivity contribution is 5.78. The normalized spacial score (nSPS) is 9.67. The van der Waals surface area contributed by atoms with Gasteiger partial charge in [0.15, 0.2) is 5.75 Å². The van der Waals surface area contributed by atoms with Gasteiger partial charge in [-0.05, 0) is 12.1 Å². The van der Waals surface area contributed by atoms with Crippen molar-refractivity contribution < 1.29 is 10.0 Å². The van der Waals surface area contributed by atoms with Crippen LogP contribution in [0.5, 0.6) is 5.75 Å². The highest BCUT2D eigenvalue weighted by atomic mass is 16.6. The monoisotopic (exact) mass is 169 g/mol. The van der Waals surface area contributed by atoms with Crippen LogP contribution in [-0.4, -0.2) is 10.0 Å². The smallest absolute Gasteiger partial charge is 0.335 e. The van der Waals surface area contributed by atoms with E-state index in [0.717, 1.165) is 6.07 Å². The topological polar surface area (TPSA) is 115 Å². The maximum atomic E-state index is 10.3. The van der Waals surface area contributed by atoms with Crippen molar-refractivity contribution >= 4 is 17.1 Å². The first-order chi connectivity index (χ1) is 5.54. The summed E-state index contributed by atoms with van der Waals surface area (Å²) in [5.74, 6) is -0.480. The maximum Gasteiger partial charge on any atom is 0.335 e. The van der Waals surface area contributed by atoms with Crippen molar-refractivity contribution in [1.29, 1.82) is 0 Å². The molecule has 6 nitrogen and oxygen atoms in total. The largest absolute Gasteiger partial charge is 0.502 e. The summed E-state index contributed by atoms with van der Waals surface area (Å²) in [5.41, 5.74) is 9.87. The van der Waals surface area contributed by atoms with E-state index >= 15 is 0 Å². The number of phenolic OH excluding ortho intramolecular Hbond substituents is 1. The third-order valence-corrected chi connectivity index (χ3v) is 1.41. The van der Waals surface area contributed by atoms with Crippen LogP contribution in [0.4, 0.5) is 17.1 Å². The van der Waals surface area contributed by atoms with Crippen LogP contribution in [0.1, 0.15) is 0 Å². The Labute approximate surface area is 67.6 Å². The molecule has 0 bridgehead atoms. The zero-order valence-electron chi connectivity index (χ0n) is 6.02. The number of nitrogens with two attached hydrogens (primary N) is 2. The van der Waals surface area contributed by atoms with Crippen LogP contribution in [0.15, 0.2) is 12.1 Å². The van der Waals surface area contributed by atoms with E-state index in [1.165, 1.54) is 6.07 Å².